The number of hydrogen-bond donors (Lipinski definition) is 1. The third kappa shape index (κ3) is 2.47. The van der Waals surface area contributed by atoms with Crippen molar-refractivity contribution in [1.29, 1.82) is 0 Å². The van der Waals surface area contributed by atoms with Crippen LogP contribution in [0.2, 0.25) is 0 Å². The third-order valence-electron chi connectivity index (χ3n) is 1.88. The normalized spacial score (nSPS) is 12.1. The summed E-state index contributed by atoms with van der Waals surface area (Å²) >= 11 is 0. The molecule has 1 rings (SSSR count). The molecule has 1 aromatic rings. The van der Waals surface area contributed by atoms with E-state index in [1.807, 2.05) is 6.92 Å². The quantitative estimate of drug-likeness (QED) is 0.677. The average molecular weight is 195 g/mol. The molecule has 0 saturated carbocycles. The van der Waals surface area contributed by atoms with E-state index in [4.69, 9.17) is 4.74 Å². The molecule has 0 aliphatic carbocycles. The number of rotatable bonds is 4. The number of benzene rings is 1. The van der Waals surface area contributed by atoms with Crippen molar-refractivity contribution in [2.45, 2.75) is 13.0 Å². The number of aliphatic carboxylic acids is 1. The largest absolute Gasteiger partial charge is 0.544 e. The second-order valence-electron chi connectivity index (χ2n) is 2.87. The van der Waals surface area contributed by atoms with E-state index >= 15 is 0 Å². The number of carbonyl (C=O) groups is 1. The van der Waals surface area contributed by atoms with Gasteiger partial charge in [-0.05, 0) is 31.2 Å². The fraction of sp³-hybridized carbons (Fsp3) is 0.300. The van der Waals surface area contributed by atoms with Crippen LogP contribution in [0.25, 0.3) is 0 Å². The highest BCUT2D eigenvalue weighted by Gasteiger charge is 2.09. The van der Waals surface area contributed by atoms with E-state index in [9.17, 15) is 9.90 Å². The van der Waals surface area contributed by atoms with Crippen molar-refractivity contribution in [3.63, 3.8) is 0 Å². The predicted molar refractivity (Wildman–Crippen MR) is 48.2 cm³/mol. The molecule has 0 saturated heterocycles. The van der Waals surface area contributed by atoms with E-state index in [-0.39, 0.29) is 0 Å². The van der Waals surface area contributed by atoms with Crippen molar-refractivity contribution in [3.05, 3.63) is 29.8 Å². The van der Waals surface area contributed by atoms with Gasteiger partial charge in [-0.3, -0.25) is 0 Å². The first kappa shape index (κ1) is 10.5. The Morgan fingerprint density at radius 2 is 2.07 bits per heavy atom. The first-order valence-electron chi connectivity index (χ1n) is 4.42. The lowest BCUT2D eigenvalue weighted by atomic mass is 10.1. The van der Waals surface area contributed by atoms with E-state index in [1.54, 1.807) is 24.3 Å². The van der Waals surface area contributed by atoms with Gasteiger partial charge in [-0.25, -0.2) is 0 Å². The third-order valence-corrected chi connectivity index (χ3v) is 1.88. The fourth-order valence-electron chi connectivity index (χ4n) is 1.10. The van der Waals surface area contributed by atoms with Crippen molar-refractivity contribution < 1.29 is 20.4 Å². The van der Waals surface area contributed by atoms with Crippen LogP contribution in [0.1, 0.15) is 18.5 Å². The second kappa shape index (κ2) is 4.62. The number of carboxylic acid groups (broad SMARTS) is 1. The van der Waals surface area contributed by atoms with Gasteiger partial charge in [0.15, 0.2) is 6.04 Å². The Labute approximate surface area is 82.3 Å². The molecule has 0 amide bonds. The Balaban J connectivity index is 2.77. The SMILES string of the molecule is CCOc1ccc([C@@H]([NH3+])C(=O)[O-])cc1. The fourth-order valence-corrected chi connectivity index (χ4v) is 1.10. The predicted octanol–water partition coefficient (Wildman–Crippen LogP) is -0.882. The maximum atomic E-state index is 10.5. The molecule has 14 heavy (non-hydrogen) atoms. The Morgan fingerprint density at radius 3 is 2.50 bits per heavy atom. The monoisotopic (exact) mass is 195 g/mol. The van der Waals surface area contributed by atoms with Gasteiger partial charge in [-0.1, -0.05) is 0 Å². The molecule has 1 aromatic carbocycles. The van der Waals surface area contributed by atoms with E-state index in [0.717, 1.165) is 5.75 Å². The van der Waals surface area contributed by atoms with Gasteiger partial charge in [0.1, 0.15) is 11.7 Å². The molecule has 0 spiro atoms. The summed E-state index contributed by atoms with van der Waals surface area (Å²) in [7, 11) is 0. The lowest BCUT2D eigenvalue weighted by Gasteiger charge is -2.10. The van der Waals surface area contributed by atoms with E-state index in [2.05, 4.69) is 5.73 Å². The zero-order valence-electron chi connectivity index (χ0n) is 8.03. The van der Waals surface area contributed by atoms with Crippen LogP contribution in [0, 0.1) is 0 Å². The van der Waals surface area contributed by atoms with Crippen LogP contribution in [0.4, 0.5) is 0 Å². The highest BCUT2D eigenvalue weighted by molar-refractivity contribution is 5.71. The number of carbonyl (C=O) groups excluding carboxylic acids is 1. The standard InChI is InChI=1S/C10H13NO3/c1-2-14-8-5-3-7(4-6-8)9(11)10(12)13/h3-6,9H,2,11H2,1H3,(H,12,13)/t9-/m1/s1. The first-order chi connectivity index (χ1) is 6.65. The molecule has 0 aromatic heterocycles. The first-order valence-corrected chi connectivity index (χ1v) is 4.42. The molecule has 0 aliphatic heterocycles. The molecule has 0 unspecified atom stereocenters. The molecule has 0 fully saturated rings. The Hall–Kier alpha value is -1.55. The maximum absolute atomic E-state index is 10.5. The minimum atomic E-state index is -1.17. The van der Waals surface area contributed by atoms with Crippen molar-refractivity contribution in [1.82, 2.24) is 0 Å². The molecule has 0 heterocycles. The summed E-state index contributed by atoms with van der Waals surface area (Å²) in [6.45, 7) is 2.48. The summed E-state index contributed by atoms with van der Waals surface area (Å²) in [5.41, 5.74) is 4.10. The second-order valence-corrected chi connectivity index (χ2v) is 2.87. The number of ether oxygens (including phenoxy) is 1. The van der Waals surface area contributed by atoms with Crippen LogP contribution in [-0.2, 0) is 4.79 Å². The lowest BCUT2D eigenvalue weighted by molar-refractivity contribution is -0.443. The lowest BCUT2D eigenvalue weighted by Crippen LogP contribution is -2.60. The average Bonchev–Trinajstić information content (AvgIpc) is 2.18. The summed E-state index contributed by atoms with van der Waals surface area (Å²) < 4.78 is 5.22. The summed E-state index contributed by atoms with van der Waals surface area (Å²) in [6, 6.07) is 5.97. The molecule has 4 nitrogen and oxygen atoms in total. The topological polar surface area (TPSA) is 77.0 Å². The van der Waals surface area contributed by atoms with Crippen molar-refractivity contribution in [3.8, 4) is 5.75 Å². The van der Waals surface area contributed by atoms with Crippen LogP contribution < -0.4 is 15.6 Å². The van der Waals surface area contributed by atoms with Gasteiger partial charge in [0.25, 0.3) is 0 Å². The van der Waals surface area contributed by atoms with Gasteiger partial charge in [-0.15, -0.1) is 0 Å². The molecule has 0 bridgehead atoms. The van der Waals surface area contributed by atoms with Crippen molar-refractivity contribution >= 4 is 5.97 Å². The van der Waals surface area contributed by atoms with Crippen molar-refractivity contribution in [2.75, 3.05) is 6.61 Å². The molecular formula is C10H13NO3. The number of quaternary nitrogens is 1. The number of carboxylic acids is 1. The van der Waals surface area contributed by atoms with Gasteiger partial charge in [-0.2, -0.15) is 0 Å². The van der Waals surface area contributed by atoms with Crippen LogP contribution in [0.15, 0.2) is 24.3 Å². The highest BCUT2D eigenvalue weighted by atomic mass is 16.5. The zero-order chi connectivity index (χ0) is 10.6. The smallest absolute Gasteiger partial charge is 0.150 e. The maximum Gasteiger partial charge on any atom is 0.150 e. The summed E-state index contributed by atoms with van der Waals surface area (Å²) in [6.07, 6.45) is 0. The van der Waals surface area contributed by atoms with Crippen LogP contribution in [0.5, 0.6) is 5.75 Å². The van der Waals surface area contributed by atoms with Gasteiger partial charge < -0.3 is 20.4 Å². The van der Waals surface area contributed by atoms with E-state index in [1.165, 1.54) is 0 Å². The van der Waals surface area contributed by atoms with Crippen LogP contribution in [0.3, 0.4) is 0 Å². The van der Waals surface area contributed by atoms with Crippen LogP contribution in [-0.4, -0.2) is 12.6 Å². The Kier molecular flexibility index (Phi) is 3.48. The zero-order valence-corrected chi connectivity index (χ0v) is 8.03. The molecule has 3 N–H and O–H groups in total. The molecular weight excluding hydrogens is 182 g/mol. The Morgan fingerprint density at radius 1 is 1.50 bits per heavy atom. The minimum absolute atomic E-state index is 0.591. The van der Waals surface area contributed by atoms with Crippen LogP contribution >= 0.6 is 0 Å². The van der Waals surface area contributed by atoms with Gasteiger partial charge in [0, 0.05) is 5.56 Å². The molecule has 4 heteroatoms. The van der Waals surface area contributed by atoms with Crippen molar-refractivity contribution in [2.24, 2.45) is 0 Å². The van der Waals surface area contributed by atoms with Gasteiger partial charge >= 0.3 is 0 Å². The summed E-state index contributed by atoms with van der Waals surface area (Å²) in [5, 5.41) is 10.5. The highest BCUT2D eigenvalue weighted by Crippen LogP contribution is 2.15. The van der Waals surface area contributed by atoms with E-state index in [0.29, 0.717) is 12.2 Å². The van der Waals surface area contributed by atoms with Gasteiger partial charge in [0.05, 0.1) is 6.61 Å². The molecule has 1 atom stereocenters. The van der Waals surface area contributed by atoms with E-state index < -0.39 is 12.0 Å². The molecule has 0 aliphatic rings. The molecule has 76 valence electrons. The number of hydrogen-bond acceptors (Lipinski definition) is 3. The summed E-state index contributed by atoms with van der Waals surface area (Å²) in [5.74, 6) is -0.448. The van der Waals surface area contributed by atoms with Gasteiger partial charge in [0.2, 0.25) is 0 Å². The molecule has 0 radical (unpaired) electrons. The summed E-state index contributed by atoms with van der Waals surface area (Å²) in [4.78, 5) is 10.5. The Bertz CT molecular complexity index is 308. The minimum Gasteiger partial charge on any atom is -0.544 e.